The molecule has 0 aliphatic rings. The van der Waals surface area contributed by atoms with Crippen molar-refractivity contribution in [2.75, 3.05) is 6.61 Å². The molecule has 0 aliphatic carbocycles. The van der Waals surface area contributed by atoms with Gasteiger partial charge in [0.15, 0.2) is 0 Å². The Kier molecular flexibility index (Phi) is 10.4. The molecule has 0 aliphatic heterocycles. The zero-order chi connectivity index (χ0) is 8.74. The van der Waals surface area contributed by atoms with Crippen molar-refractivity contribution in [3.63, 3.8) is 0 Å². The molecule has 0 bridgehead atoms. The summed E-state index contributed by atoms with van der Waals surface area (Å²) in [5.41, 5.74) is 0. The fourth-order valence-electron chi connectivity index (χ4n) is 0.738. The van der Waals surface area contributed by atoms with Crippen LogP contribution in [0.25, 0.3) is 0 Å². The van der Waals surface area contributed by atoms with E-state index in [1.807, 2.05) is 0 Å². The van der Waals surface area contributed by atoms with Crippen LogP contribution < -0.4 is 18.9 Å². The van der Waals surface area contributed by atoms with E-state index in [4.69, 9.17) is 14.4 Å². The number of unbranched alkanes of at least 4 members (excludes halogenated alkanes) is 3. The van der Waals surface area contributed by atoms with Crippen molar-refractivity contribution in [1.29, 1.82) is 0 Å². The summed E-state index contributed by atoms with van der Waals surface area (Å²) >= 11 is 0. The molecule has 0 spiro atoms. The Morgan fingerprint density at radius 3 is 2.17 bits per heavy atom. The van der Waals surface area contributed by atoms with E-state index in [-0.39, 0.29) is 26.9 Å². The van der Waals surface area contributed by atoms with Crippen LogP contribution in [0.1, 0.15) is 34.0 Å². The molecule has 0 saturated heterocycles. The van der Waals surface area contributed by atoms with E-state index in [1.54, 1.807) is 0 Å². The number of hydrogen-bond acceptors (Lipinski definition) is 4. The van der Waals surface area contributed by atoms with Crippen molar-refractivity contribution in [3.8, 4) is 0 Å². The standard InChI is InChI=1S/C6H16O4Si.Li.H/c1-2-3-4-5-6-10-11(7,8)9;;/h7-9H,2-6H2,1H3;;/q;+1;-1. The molecule has 0 atom stereocenters. The molecular formula is C6H17LiO4Si. The Balaban J connectivity index is -0.000000500. The first-order valence-electron chi connectivity index (χ1n) is 3.87. The predicted molar refractivity (Wildman–Crippen MR) is 43.6 cm³/mol. The summed E-state index contributed by atoms with van der Waals surface area (Å²) in [4.78, 5) is 25.2. The van der Waals surface area contributed by atoms with E-state index in [0.717, 1.165) is 25.7 Å². The van der Waals surface area contributed by atoms with Crippen molar-refractivity contribution < 1.29 is 39.1 Å². The van der Waals surface area contributed by atoms with Gasteiger partial charge in [-0.15, -0.1) is 0 Å². The number of hydrogen-bond donors (Lipinski definition) is 3. The fraction of sp³-hybridized carbons (Fsp3) is 1.00. The van der Waals surface area contributed by atoms with Crippen molar-refractivity contribution in [3.05, 3.63) is 0 Å². The van der Waals surface area contributed by atoms with Gasteiger partial charge in [-0.25, -0.2) is 0 Å². The van der Waals surface area contributed by atoms with E-state index in [1.165, 1.54) is 0 Å². The van der Waals surface area contributed by atoms with Gasteiger partial charge in [0, 0.05) is 6.61 Å². The van der Waals surface area contributed by atoms with Gasteiger partial charge in [0.25, 0.3) is 0 Å². The SMILES string of the molecule is CCCCCCO[Si](O)(O)O.[H-].[Li+]. The van der Waals surface area contributed by atoms with Crippen LogP contribution in [0.3, 0.4) is 0 Å². The molecule has 6 heteroatoms. The van der Waals surface area contributed by atoms with E-state index in [0.29, 0.717) is 0 Å². The first-order valence-corrected chi connectivity index (χ1v) is 5.62. The molecule has 0 rings (SSSR count). The summed E-state index contributed by atoms with van der Waals surface area (Å²) < 4.78 is 4.38. The minimum atomic E-state index is -4.22. The van der Waals surface area contributed by atoms with Crippen LogP contribution in [0.15, 0.2) is 0 Å². The van der Waals surface area contributed by atoms with Crippen molar-refractivity contribution in [2.24, 2.45) is 0 Å². The van der Waals surface area contributed by atoms with Crippen LogP contribution in [-0.4, -0.2) is 30.0 Å². The van der Waals surface area contributed by atoms with E-state index in [2.05, 4.69) is 11.3 Å². The first kappa shape index (κ1) is 15.1. The molecule has 0 saturated carbocycles. The molecule has 0 aromatic rings. The molecule has 0 amide bonds. The summed E-state index contributed by atoms with van der Waals surface area (Å²) in [7, 11) is -4.22. The fourth-order valence-corrected chi connectivity index (χ4v) is 1.16. The quantitative estimate of drug-likeness (QED) is 0.309. The van der Waals surface area contributed by atoms with Crippen LogP contribution in [-0.2, 0) is 4.43 Å². The van der Waals surface area contributed by atoms with Gasteiger partial charge in [0.1, 0.15) is 0 Å². The zero-order valence-electron chi connectivity index (χ0n) is 8.79. The van der Waals surface area contributed by atoms with Crippen LogP contribution in [0.2, 0.25) is 0 Å². The third kappa shape index (κ3) is 13.3. The Bertz CT molecular complexity index is 101. The Labute approximate surface area is 87.7 Å². The van der Waals surface area contributed by atoms with Gasteiger partial charge in [-0.3, -0.25) is 0 Å². The molecule has 70 valence electrons. The Hall–Kier alpha value is 0.654. The molecule has 0 aromatic carbocycles. The van der Waals surface area contributed by atoms with Crippen molar-refractivity contribution >= 4 is 9.05 Å². The summed E-state index contributed by atoms with van der Waals surface area (Å²) in [5, 5.41) is 0. The first-order chi connectivity index (χ1) is 5.06. The molecule has 0 unspecified atom stereocenters. The van der Waals surface area contributed by atoms with E-state index >= 15 is 0 Å². The summed E-state index contributed by atoms with van der Waals surface area (Å²) in [6, 6.07) is 0. The van der Waals surface area contributed by atoms with Crippen molar-refractivity contribution in [2.45, 2.75) is 32.6 Å². The minimum Gasteiger partial charge on any atom is -1.00 e. The van der Waals surface area contributed by atoms with Gasteiger partial charge in [-0.2, -0.15) is 0 Å². The topological polar surface area (TPSA) is 69.9 Å². The molecule has 0 fully saturated rings. The average Bonchev–Trinajstić information content (AvgIpc) is 1.85. The van der Waals surface area contributed by atoms with Gasteiger partial charge in [-0.1, -0.05) is 26.2 Å². The predicted octanol–water partition coefficient (Wildman–Crippen LogP) is -2.89. The second-order valence-electron chi connectivity index (χ2n) is 2.48. The largest absolute Gasteiger partial charge is 1.00 e. The van der Waals surface area contributed by atoms with Gasteiger partial charge in [-0.05, 0) is 6.42 Å². The monoisotopic (exact) mass is 188 g/mol. The maximum Gasteiger partial charge on any atom is 1.00 e. The summed E-state index contributed by atoms with van der Waals surface area (Å²) in [6.45, 7) is 2.32. The summed E-state index contributed by atoms with van der Waals surface area (Å²) in [5.74, 6) is 0. The Morgan fingerprint density at radius 2 is 1.75 bits per heavy atom. The molecule has 12 heavy (non-hydrogen) atoms. The van der Waals surface area contributed by atoms with Gasteiger partial charge >= 0.3 is 27.9 Å². The third-order valence-electron chi connectivity index (χ3n) is 1.29. The van der Waals surface area contributed by atoms with Crippen LogP contribution in [0.5, 0.6) is 0 Å². The average molecular weight is 188 g/mol. The molecule has 0 radical (unpaired) electrons. The second kappa shape index (κ2) is 8.26. The molecule has 0 heterocycles. The normalized spacial score (nSPS) is 11.0. The van der Waals surface area contributed by atoms with Gasteiger partial charge < -0.3 is 20.2 Å². The molecule has 3 N–H and O–H groups in total. The molecular weight excluding hydrogens is 171 g/mol. The third-order valence-corrected chi connectivity index (χ3v) is 1.89. The minimum absolute atomic E-state index is 0. The van der Waals surface area contributed by atoms with Crippen LogP contribution >= 0.6 is 0 Å². The van der Waals surface area contributed by atoms with Crippen LogP contribution in [0.4, 0.5) is 0 Å². The van der Waals surface area contributed by atoms with Crippen LogP contribution in [0, 0.1) is 0 Å². The smallest absolute Gasteiger partial charge is 1.00 e. The second-order valence-corrected chi connectivity index (χ2v) is 3.92. The Morgan fingerprint density at radius 1 is 1.17 bits per heavy atom. The van der Waals surface area contributed by atoms with Gasteiger partial charge in [0.2, 0.25) is 0 Å². The molecule has 4 nitrogen and oxygen atoms in total. The van der Waals surface area contributed by atoms with E-state index in [9.17, 15) is 0 Å². The van der Waals surface area contributed by atoms with Gasteiger partial charge in [0.05, 0.1) is 0 Å². The summed E-state index contributed by atoms with van der Waals surface area (Å²) in [6.07, 6.45) is 4.01. The van der Waals surface area contributed by atoms with E-state index < -0.39 is 9.05 Å². The molecule has 0 aromatic heterocycles. The number of rotatable bonds is 6. The van der Waals surface area contributed by atoms with Crippen molar-refractivity contribution in [1.82, 2.24) is 0 Å². The maximum absolute atomic E-state index is 8.40. The zero-order valence-corrected chi connectivity index (χ0v) is 8.79. The maximum atomic E-state index is 8.40.